The number of likely N-dealkylation sites (N-methyl/N-ethyl adjacent to an activating group) is 2. The van der Waals surface area contributed by atoms with Gasteiger partial charge in [0.1, 0.15) is 0 Å². The third kappa shape index (κ3) is 4.86. The monoisotopic (exact) mass is 573 g/mol. The molecule has 0 bridgehead atoms. The van der Waals surface area contributed by atoms with E-state index < -0.39 is 8.25 Å². The standard InChI is InChI=1S/C22H29N12O5P/c1-31(21(3-4-21)7-33-9-25-13-15(33)27-19(23)29-17(13)35)11-38-40(37)39-12-32(2)22(5-6-22)8-34-10-26-14-16(34)28-20(24)30-18(14)36/h9-10H,3-8,11-12H2,1-2H3,(H5-,23,24,27,28,29,30,35,36)/p+1. The fraction of sp³-hybridized carbons (Fsp3) is 0.545. The molecule has 0 unspecified atom stereocenters. The van der Waals surface area contributed by atoms with E-state index in [1.165, 1.54) is 0 Å². The second-order valence-electron chi connectivity index (χ2n) is 10.6. The molecule has 6 N–H and O–H groups in total. The number of nitrogens with one attached hydrogen (secondary N) is 2. The van der Waals surface area contributed by atoms with Crippen molar-refractivity contribution in [1.82, 2.24) is 48.8 Å². The largest absolute Gasteiger partial charge is 0.700 e. The van der Waals surface area contributed by atoms with E-state index >= 15 is 0 Å². The van der Waals surface area contributed by atoms with Crippen LogP contribution in [0.3, 0.4) is 0 Å². The van der Waals surface area contributed by atoms with Gasteiger partial charge in [-0.15, -0.1) is 9.05 Å². The van der Waals surface area contributed by atoms with Crippen molar-refractivity contribution < 1.29 is 13.6 Å². The lowest BCUT2D eigenvalue weighted by atomic mass is 10.2. The fourth-order valence-electron chi connectivity index (χ4n) is 5.00. The molecule has 40 heavy (non-hydrogen) atoms. The Bertz CT molecular complexity index is 1590. The molecule has 0 saturated heterocycles. The van der Waals surface area contributed by atoms with E-state index in [-0.39, 0.29) is 58.6 Å². The van der Waals surface area contributed by atoms with Crippen LogP contribution < -0.4 is 22.6 Å². The molecule has 4 aromatic rings. The molecule has 212 valence electrons. The summed E-state index contributed by atoms with van der Waals surface area (Å²) in [6.45, 7) is 1.24. The van der Waals surface area contributed by atoms with Crippen molar-refractivity contribution in [2.75, 3.05) is 39.0 Å². The maximum Gasteiger partial charge on any atom is 0.700 e. The first-order chi connectivity index (χ1) is 19.1. The first kappa shape index (κ1) is 26.5. The molecule has 6 rings (SSSR count). The molecule has 2 saturated carbocycles. The Morgan fingerprint density at radius 1 is 0.850 bits per heavy atom. The number of rotatable bonds is 12. The predicted molar refractivity (Wildman–Crippen MR) is 144 cm³/mol. The van der Waals surface area contributed by atoms with Crippen molar-refractivity contribution >= 4 is 42.5 Å². The minimum Gasteiger partial charge on any atom is -0.369 e. The maximum atomic E-state index is 12.6. The lowest BCUT2D eigenvalue weighted by molar-refractivity contribution is 0.0524. The van der Waals surface area contributed by atoms with Crippen LogP contribution in [-0.2, 0) is 26.7 Å². The fourth-order valence-corrected chi connectivity index (χ4v) is 5.60. The molecule has 0 atom stereocenters. The summed E-state index contributed by atoms with van der Waals surface area (Å²) in [5, 5.41) is 0. The molecule has 2 aliphatic rings. The van der Waals surface area contributed by atoms with Crippen molar-refractivity contribution in [3.63, 3.8) is 0 Å². The SMILES string of the molecule is CN(CO[P+](=O)OCN(C)C1(Cn2cnc3c(=O)[nH]c(N)nc32)CC1)C1(Cn2cnc3c(=O)[nH]c(N)nc32)CC1. The number of hydrogen-bond acceptors (Lipinski definition) is 13. The highest BCUT2D eigenvalue weighted by Gasteiger charge is 2.49. The number of nitrogen functional groups attached to an aromatic ring is 2. The Hall–Kier alpha value is -3.76. The first-order valence-electron chi connectivity index (χ1n) is 12.7. The third-order valence-corrected chi connectivity index (χ3v) is 8.56. The van der Waals surface area contributed by atoms with Crippen LogP contribution >= 0.6 is 8.25 Å². The van der Waals surface area contributed by atoms with Gasteiger partial charge in [-0.2, -0.15) is 9.97 Å². The predicted octanol–water partition coefficient (Wildman–Crippen LogP) is -0.0484. The number of hydrogen-bond donors (Lipinski definition) is 4. The average molecular weight is 574 g/mol. The molecular weight excluding hydrogens is 543 g/mol. The number of fused-ring (bicyclic) bond motifs is 2. The maximum absolute atomic E-state index is 12.6. The lowest BCUT2D eigenvalue weighted by Crippen LogP contribution is -2.39. The zero-order valence-electron chi connectivity index (χ0n) is 22.0. The van der Waals surface area contributed by atoms with Gasteiger partial charge < -0.3 is 20.6 Å². The van der Waals surface area contributed by atoms with Crippen LogP contribution in [0.25, 0.3) is 22.3 Å². The molecule has 0 radical (unpaired) electrons. The topological polar surface area (TPSA) is 221 Å². The molecule has 0 aromatic carbocycles. The second-order valence-corrected chi connectivity index (χ2v) is 11.5. The van der Waals surface area contributed by atoms with Gasteiger partial charge in [0.05, 0.1) is 12.7 Å². The molecule has 4 aromatic heterocycles. The molecule has 2 aliphatic carbocycles. The summed E-state index contributed by atoms with van der Waals surface area (Å²) in [5.41, 5.74) is 11.5. The lowest BCUT2D eigenvalue weighted by Gasteiger charge is -2.26. The van der Waals surface area contributed by atoms with Gasteiger partial charge in [-0.3, -0.25) is 29.4 Å². The van der Waals surface area contributed by atoms with Crippen LogP contribution in [0.2, 0.25) is 0 Å². The summed E-state index contributed by atoms with van der Waals surface area (Å²) >= 11 is 0. The molecule has 2 fully saturated rings. The van der Waals surface area contributed by atoms with E-state index in [1.807, 2.05) is 23.9 Å². The normalized spacial score (nSPS) is 17.3. The molecule has 0 amide bonds. The molecule has 0 aliphatic heterocycles. The minimum atomic E-state index is -2.38. The van der Waals surface area contributed by atoms with Crippen LogP contribution in [-0.4, -0.2) is 87.5 Å². The zero-order valence-corrected chi connectivity index (χ0v) is 22.9. The minimum absolute atomic E-state index is 0.0304. The molecule has 18 heteroatoms. The van der Waals surface area contributed by atoms with Crippen LogP contribution in [0.4, 0.5) is 11.9 Å². The smallest absolute Gasteiger partial charge is 0.369 e. The average Bonchev–Trinajstić information content (AvgIpc) is 3.79. The summed E-state index contributed by atoms with van der Waals surface area (Å²) < 4.78 is 27.3. The highest BCUT2D eigenvalue weighted by molar-refractivity contribution is 7.33. The van der Waals surface area contributed by atoms with E-state index in [0.717, 1.165) is 25.7 Å². The molecule has 4 heterocycles. The number of anilines is 2. The second kappa shape index (κ2) is 9.71. The van der Waals surface area contributed by atoms with Crippen molar-refractivity contribution in [1.29, 1.82) is 0 Å². The summed E-state index contributed by atoms with van der Waals surface area (Å²) in [6, 6.07) is 0. The van der Waals surface area contributed by atoms with Crippen LogP contribution in [0.1, 0.15) is 25.7 Å². The van der Waals surface area contributed by atoms with Crippen LogP contribution in [0.5, 0.6) is 0 Å². The summed E-state index contributed by atoms with van der Waals surface area (Å²) in [6.07, 6.45) is 6.72. The summed E-state index contributed by atoms with van der Waals surface area (Å²) in [4.78, 5) is 49.8. The van der Waals surface area contributed by atoms with Gasteiger partial charge in [0, 0.05) is 28.7 Å². The first-order valence-corrected chi connectivity index (χ1v) is 13.8. The third-order valence-electron chi connectivity index (χ3n) is 7.90. The van der Waals surface area contributed by atoms with Crippen molar-refractivity contribution in [3.8, 4) is 0 Å². The zero-order chi connectivity index (χ0) is 28.2. The number of aromatic amines is 2. The van der Waals surface area contributed by atoms with Gasteiger partial charge >= 0.3 is 8.25 Å². The Morgan fingerprint density at radius 3 is 1.62 bits per heavy atom. The summed E-state index contributed by atoms with van der Waals surface area (Å²) in [7, 11) is 1.39. The number of nitrogens with zero attached hydrogens (tertiary/aromatic N) is 8. The Labute approximate surface area is 227 Å². The van der Waals surface area contributed by atoms with E-state index in [9.17, 15) is 14.2 Å². The van der Waals surface area contributed by atoms with Crippen molar-refractivity contribution in [2.45, 2.75) is 49.9 Å². The van der Waals surface area contributed by atoms with Gasteiger partial charge in [0.2, 0.25) is 11.9 Å². The van der Waals surface area contributed by atoms with Crippen LogP contribution in [0.15, 0.2) is 22.2 Å². The van der Waals surface area contributed by atoms with Gasteiger partial charge in [-0.05, 0) is 39.8 Å². The van der Waals surface area contributed by atoms with Crippen LogP contribution in [0, 0.1) is 0 Å². The number of aromatic nitrogens is 8. The van der Waals surface area contributed by atoms with Gasteiger partial charge in [0.25, 0.3) is 11.1 Å². The highest BCUT2D eigenvalue weighted by atomic mass is 31.1. The summed E-state index contributed by atoms with van der Waals surface area (Å²) in [5.74, 6) is 0.0609. The number of H-pyrrole nitrogens is 2. The van der Waals surface area contributed by atoms with E-state index in [1.54, 1.807) is 21.8 Å². The number of imidazole rings is 2. The highest BCUT2D eigenvalue weighted by Crippen LogP contribution is 2.45. The van der Waals surface area contributed by atoms with E-state index in [0.29, 0.717) is 24.4 Å². The van der Waals surface area contributed by atoms with E-state index in [4.69, 9.17) is 20.5 Å². The molecule has 17 nitrogen and oxygen atoms in total. The van der Waals surface area contributed by atoms with Gasteiger partial charge in [-0.25, -0.2) is 9.97 Å². The Kier molecular flexibility index (Phi) is 6.42. The van der Waals surface area contributed by atoms with Crippen molar-refractivity contribution in [3.05, 3.63) is 33.4 Å². The van der Waals surface area contributed by atoms with E-state index in [2.05, 4.69) is 29.9 Å². The van der Waals surface area contributed by atoms with Gasteiger partial charge in [0.15, 0.2) is 35.8 Å². The molecule has 0 spiro atoms. The number of nitrogens with two attached hydrogens (primary N) is 2. The van der Waals surface area contributed by atoms with Crippen molar-refractivity contribution in [2.24, 2.45) is 0 Å². The van der Waals surface area contributed by atoms with Gasteiger partial charge in [-0.1, -0.05) is 0 Å². The quantitative estimate of drug-likeness (QED) is 0.129. The molecular formula is C22H30N12O5P+. The Balaban J connectivity index is 1.02. The Morgan fingerprint density at radius 2 is 1.25 bits per heavy atom.